The van der Waals surface area contributed by atoms with Gasteiger partial charge in [0.25, 0.3) is 5.91 Å². The van der Waals surface area contributed by atoms with Gasteiger partial charge in [-0.3, -0.25) is 9.59 Å². The van der Waals surface area contributed by atoms with E-state index in [1.54, 1.807) is 36.4 Å². The summed E-state index contributed by atoms with van der Waals surface area (Å²) in [6, 6.07) is 20.1. The van der Waals surface area contributed by atoms with Gasteiger partial charge in [-0.15, -0.1) is 0 Å². The van der Waals surface area contributed by atoms with Gasteiger partial charge in [-0.1, -0.05) is 30.3 Å². The highest BCUT2D eigenvalue weighted by Gasteiger charge is 2.13. The Bertz CT molecular complexity index is 1310. The predicted molar refractivity (Wildman–Crippen MR) is 128 cm³/mol. The third kappa shape index (κ3) is 4.39. The monoisotopic (exact) mass is 428 g/mol. The van der Waals surface area contributed by atoms with Gasteiger partial charge in [0.05, 0.1) is 22.4 Å². The van der Waals surface area contributed by atoms with E-state index < -0.39 is 0 Å². The van der Waals surface area contributed by atoms with E-state index in [4.69, 9.17) is 5.73 Å². The lowest BCUT2D eigenvalue weighted by molar-refractivity contribution is -0.114. The third-order valence-electron chi connectivity index (χ3n) is 5.12. The van der Waals surface area contributed by atoms with E-state index in [0.29, 0.717) is 35.1 Å². The lowest BCUT2D eigenvalue weighted by Gasteiger charge is -2.14. The fraction of sp³-hybridized carbons (Fsp3) is 0.125. The summed E-state index contributed by atoms with van der Waals surface area (Å²) < 4.78 is 1.97. The Morgan fingerprint density at radius 3 is 2.47 bits per heavy atom. The minimum atomic E-state index is -0.315. The maximum absolute atomic E-state index is 12.7. The highest BCUT2D eigenvalue weighted by Crippen LogP contribution is 2.23. The van der Waals surface area contributed by atoms with Gasteiger partial charge in [0.1, 0.15) is 0 Å². The number of anilines is 4. The van der Waals surface area contributed by atoms with E-state index in [2.05, 4.69) is 20.9 Å². The molecule has 0 fully saturated rings. The molecule has 0 atom stereocenters. The molecule has 0 saturated heterocycles. The number of carbonyl (C=O) groups excluding carboxylic acids is 2. The van der Waals surface area contributed by atoms with E-state index in [9.17, 15) is 9.59 Å². The highest BCUT2D eigenvalue weighted by molar-refractivity contribution is 6.06. The number of nitrogens with two attached hydrogens (primary N) is 1. The maximum atomic E-state index is 12.7. The van der Waals surface area contributed by atoms with Gasteiger partial charge in [-0.25, -0.2) is 4.98 Å². The van der Waals surface area contributed by atoms with Crippen LogP contribution in [0.1, 0.15) is 22.8 Å². The van der Waals surface area contributed by atoms with Crippen LogP contribution < -0.4 is 21.7 Å². The second-order valence-electron chi connectivity index (χ2n) is 7.43. The molecule has 0 aliphatic rings. The first-order chi connectivity index (χ1) is 15.4. The van der Waals surface area contributed by atoms with Crippen molar-refractivity contribution in [1.82, 2.24) is 9.55 Å². The summed E-state index contributed by atoms with van der Waals surface area (Å²) in [6.07, 6.45) is 0. The largest absolute Gasteiger partial charge is 0.397 e. The molecular formula is C24H24N6O2. The number of para-hydroxylation sites is 4. The quantitative estimate of drug-likeness (QED) is 0.347. The Hall–Kier alpha value is -4.33. The normalized spacial score (nSPS) is 10.7. The lowest BCUT2D eigenvalue weighted by Crippen LogP contribution is -2.16. The third-order valence-corrected chi connectivity index (χ3v) is 5.12. The Balaban J connectivity index is 1.56. The standard InChI is InChI=1S/C24H24N6O2/c1-15(31)27-21-13-16(23(32)28-19-8-4-3-7-18(19)25)11-12-17(21)14-26-24-29-20-9-5-6-10-22(20)30(24)2/h3-13H,14,25H2,1-2H3,(H,26,29)(H,27,31)(H,28,32). The number of imidazole rings is 1. The molecule has 3 aromatic carbocycles. The number of rotatable bonds is 6. The van der Waals surface area contributed by atoms with Crippen molar-refractivity contribution in [3.05, 3.63) is 77.9 Å². The first kappa shape index (κ1) is 20.9. The number of fused-ring (bicyclic) bond motifs is 1. The Labute approximate surface area is 185 Å². The van der Waals surface area contributed by atoms with Crippen LogP contribution in [-0.2, 0) is 18.4 Å². The van der Waals surface area contributed by atoms with Crippen LogP contribution in [0.25, 0.3) is 11.0 Å². The first-order valence-corrected chi connectivity index (χ1v) is 10.1. The number of amides is 2. The van der Waals surface area contributed by atoms with Crippen LogP contribution in [0.5, 0.6) is 0 Å². The molecule has 0 bridgehead atoms. The summed E-state index contributed by atoms with van der Waals surface area (Å²) >= 11 is 0. The average molecular weight is 428 g/mol. The molecule has 1 aromatic heterocycles. The van der Waals surface area contributed by atoms with Crippen molar-refractivity contribution in [1.29, 1.82) is 0 Å². The van der Waals surface area contributed by atoms with E-state index in [1.165, 1.54) is 6.92 Å². The molecule has 0 unspecified atom stereocenters. The van der Waals surface area contributed by atoms with Crippen molar-refractivity contribution in [3.8, 4) is 0 Å². The minimum absolute atomic E-state index is 0.223. The number of nitrogen functional groups attached to an aromatic ring is 1. The van der Waals surface area contributed by atoms with Crippen LogP contribution >= 0.6 is 0 Å². The Morgan fingerprint density at radius 1 is 0.969 bits per heavy atom. The summed E-state index contributed by atoms with van der Waals surface area (Å²) in [4.78, 5) is 29.1. The van der Waals surface area contributed by atoms with Gasteiger partial charge in [-0.2, -0.15) is 0 Å². The maximum Gasteiger partial charge on any atom is 0.255 e. The molecule has 1 heterocycles. The van der Waals surface area contributed by atoms with Gasteiger partial charge in [0.15, 0.2) is 0 Å². The number of carbonyl (C=O) groups is 2. The molecule has 8 heteroatoms. The zero-order chi connectivity index (χ0) is 22.7. The second-order valence-corrected chi connectivity index (χ2v) is 7.43. The van der Waals surface area contributed by atoms with Crippen LogP contribution in [0.3, 0.4) is 0 Å². The summed E-state index contributed by atoms with van der Waals surface area (Å²) in [5, 5.41) is 8.92. The molecule has 4 aromatic rings. The number of aryl methyl sites for hydroxylation is 1. The molecule has 0 saturated carbocycles. The number of nitrogens with one attached hydrogen (secondary N) is 3. The molecule has 0 spiro atoms. The van der Waals surface area contributed by atoms with E-state index >= 15 is 0 Å². The predicted octanol–water partition coefficient (Wildman–Crippen LogP) is 3.98. The molecule has 4 rings (SSSR count). The van der Waals surface area contributed by atoms with Crippen molar-refractivity contribution in [3.63, 3.8) is 0 Å². The van der Waals surface area contributed by atoms with Gasteiger partial charge in [0.2, 0.25) is 11.9 Å². The lowest BCUT2D eigenvalue weighted by atomic mass is 10.1. The summed E-state index contributed by atoms with van der Waals surface area (Å²) in [6.45, 7) is 1.85. The molecule has 32 heavy (non-hydrogen) atoms. The molecule has 162 valence electrons. The summed E-state index contributed by atoms with van der Waals surface area (Å²) in [5.74, 6) is 0.171. The van der Waals surface area contributed by atoms with Gasteiger partial charge in [-0.05, 0) is 42.0 Å². The number of nitrogens with zero attached hydrogens (tertiary/aromatic N) is 2. The number of benzene rings is 3. The smallest absolute Gasteiger partial charge is 0.255 e. The van der Waals surface area contributed by atoms with Crippen molar-refractivity contribution < 1.29 is 9.59 Å². The first-order valence-electron chi connectivity index (χ1n) is 10.1. The molecule has 0 radical (unpaired) electrons. The minimum Gasteiger partial charge on any atom is -0.397 e. The number of hydrogen-bond donors (Lipinski definition) is 4. The molecule has 2 amide bonds. The number of hydrogen-bond acceptors (Lipinski definition) is 5. The summed E-state index contributed by atoms with van der Waals surface area (Å²) in [5.41, 5.74) is 10.6. The van der Waals surface area contributed by atoms with E-state index in [1.807, 2.05) is 41.9 Å². The van der Waals surface area contributed by atoms with Crippen molar-refractivity contribution in [2.45, 2.75) is 13.5 Å². The zero-order valence-corrected chi connectivity index (χ0v) is 17.8. The number of aromatic nitrogens is 2. The van der Waals surface area contributed by atoms with Gasteiger partial charge < -0.3 is 26.3 Å². The van der Waals surface area contributed by atoms with Crippen LogP contribution in [0.4, 0.5) is 23.0 Å². The molecule has 0 aliphatic heterocycles. The molecule has 5 N–H and O–H groups in total. The topological polar surface area (TPSA) is 114 Å². The van der Waals surface area contributed by atoms with Crippen LogP contribution in [-0.4, -0.2) is 21.4 Å². The van der Waals surface area contributed by atoms with Gasteiger partial charge in [0, 0.05) is 31.8 Å². The molecule has 8 nitrogen and oxygen atoms in total. The van der Waals surface area contributed by atoms with Crippen molar-refractivity contribution in [2.75, 3.05) is 21.7 Å². The van der Waals surface area contributed by atoms with Crippen LogP contribution in [0.2, 0.25) is 0 Å². The van der Waals surface area contributed by atoms with Gasteiger partial charge >= 0.3 is 0 Å². The fourth-order valence-corrected chi connectivity index (χ4v) is 3.46. The molecular weight excluding hydrogens is 404 g/mol. The van der Waals surface area contributed by atoms with Crippen LogP contribution in [0.15, 0.2) is 66.7 Å². The van der Waals surface area contributed by atoms with Crippen molar-refractivity contribution >= 4 is 45.9 Å². The molecule has 0 aliphatic carbocycles. The average Bonchev–Trinajstić information content (AvgIpc) is 3.10. The summed E-state index contributed by atoms with van der Waals surface area (Å²) in [7, 11) is 1.94. The van der Waals surface area contributed by atoms with E-state index in [0.717, 1.165) is 16.6 Å². The Morgan fingerprint density at radius 2 is 1.72 bits per heavy atom. The van der Waals surface area contributed by atoms with Crippen LogP contribution in [0, 0.1) is 0 Å². The Kier molecular flexibility index (Phi) is 5.76. The zero-order valence-electron chi connectivity index (χ0n) is 17.8. The van der Waals surface area contributed by atoms with Crippen molar-refractivity contribution in [2.24, 2.45) is 7.05 Å². The highest BCUT2D eigenvalue weighted by atomic mass is 16.2. The van der Waals surface area contributed by atoms with E-state index in [-0.39, 0.29) is 11.8 Å². The SMILES string of the molecule is CC(=O)Nc1cc(C(=O)Nc2ccccc2N)ccc1CNc1nc2ccccc2n1C. The second kappa shape index (κ2) is 8.81. The fourth-order valence-electron chi connectivity index (χ4n) is 3.46.